The Bertz CT molecular complexity index is 1280. The van der Waals surface area contributed by atoms with Crippen molar-refractivity contribution < 1.29 is 8.78 Å². The summed E-state index contributed by atoms with van der Waals surface area (Å²) >= 11 is 6.26. The molecule has 2 aromatic carbocycles. The quantitative estimate of drug-likeness (QED) is 0.368. The maximum Gasteiger partial charge on any atom is 0.225 e. The molecule has 0 unspecified atom stereocenters. The summed E-state index contributed by atoms with van der Waals surface area (Å²) in [6, 6.07) is 11.4. The van der Waals surface area contributed by atoms with E-state index in [-0.39, 0.29) is 11.4 Å². The zero-order valence-corrected chi connectivity index (χ0v) is 19.3. The topological polar surface area (TPSA) is 67.7 Å². The number of benzene rings is 2. The summed E-state index contributed by atoms with van der Waals surface area (Å²) in [5, 5.41) is 7.22. The van der Waals surface area contributed by atoms with Crippen LogP contribution in [-0.4, -0.2) is 32.6 Å². The minimum absolute atomic E-state index is 0.142. The molecule has 2 N–H and O–H groups in total. The Morgan fingerprint density at radius 2 is 1.79 bits per heavy atom. The minimum atomic E-state index is -0.650. The number of rotatable bonds is 7. The van der Waals surface area contributed by atoms with Crippen LogP contribution in [0.2, 0.25) is 5.02 Å². The number of aromatic nitrogens is 4. The van der Waals surface area contributed by atoms with Gasteiger partial charge in [0.25, 0.3) is 0 Å². The smallest absolute Gasteiger partial charge is 0.225 e. The van der Waals surface area contributed by atoms with Gasteiger partial charge in [0, 0.05) is 18.1 Å². The average molecular weight is 483 g/mol. The lowest BCUT2D eigenvalue weighted by molar-refractivity contribution is 0.339. The summed E-state index contributed by atoms with van der Waals surface area (Å²) in [6.45, 7) is 2.99. The molecule has 3 heterocycles. The molecule has 34 heavy (non-hydrogen) atoms. The van der Waals surface area contributed by atoms with E-state index in [0.29, 0.717) is 41.1 Å². The summed E-state index contributed by atoms with van der Waals surface area (Å²) < 4.78 is 31.2. The van der Waals surface area contributed by atoms with Crippen LogP contribution in [0.1, 0.15) is 24.8 Å². The van der Waals surface area contributed by atoms with Gasteiger partial charge in [-0.1, -0.05) is 35.9 Å². The van der Waals surface area contributed by atoms with Crippen molar-refractivity contribution in [1.82, 2.24) is 24.8 Å². The first kappa shape index (κ1) is 22.7. The predicted molar refractivity (Wildman–Crippen MR) is 130 cm³/mol. The van der Waals surface area contributed by atoms with Gasteiger partial charge in [0.15, 0.2) is 5.65 Å². The zero-order chi connectivity index (χ0) is 23.5. The van der Waals surface area contributed by atoms with Gasteiger partial charge < -0.3 is 15.2 Å². The molecule has 6 nitrogen and oxygen atoms in total. The van der Waals surface area contributed by atoms with Crippen LogP contribution < -0.4 is 10.6 Å². The minimum Gasteiger partial charge on any atom is -0.350 e. The van der Waals surface area contributed by atoms with Crippen LogP contribution in [0.25, 0.3) is 22.6 Å². The highest BCUT2D eigenvalue weighted by Crippen LogP contribution is 2.30. The Kier molecular flexibility index (Phi) is 6.69. The third-order valence-electron chi connectivity index (χ3n) is 6.29. The second kappa shape index (κ2) is 10.0. The van der Waals surface area contributed by atoms with E-state index in [1.165, 1.54) is 18.2 Å². The molecule has 1 saturated heterocycles. The van der Waals surface area contributed by atoms with Crippen molar-refractivity contribution in [1.29, 1.82) is 0 Å². The summed E-state index contributed by atoms with van der Waals surface area (Å²) in [6.07, 6.45) is 4.62. The van der Waals surface area contributed by atoms with E-state index in [9.17, 15) is 8.78 Å². The molecule has 0 bridgehead atoms. The lowest BCUT2D eigenvalue weighted by Crippen LogP contribution is -2.28. The summed E-state index contributed by atoms with van der Waals surface area (Å²) in [5.74, 6) is -0.128. The van der Waals surface area contributed by atoms with E-state index in [2.05, 4.69) is 25.6 Å². The standard InChI is InChI=1S/C25H25ClF2N6/c26-18-5-2-1-4-17(18)14-30-25-31-15-21-23(33-25)34(13-10-16-8-11-29-12-9-16)24(32-21)22-19(27)6-3-7-20(22)28/h1-7,15-16,29H,8-14H2,(H,30,31,33). The normalized spacial score (nSPS) is 14.6. The summed E-state index contributed by atoms with van der Waals surface area (Å²) in [4.78, 5) is 13.6. The first-order chi connectivity index (χ1) is 16.6. The fraction of sp³-hybridized carbons (Fsp3) is 0.320. The highest BCUT2D eigenvalue weighted by atomic mass is 35.5. The van der Waals surface area contributed by atoms with Gasteiger partial charge in [-0.05, 0) is 62.0 Å². The first-order valence-corrected chi connectivity index (χ1v) is 11.8. The number of nitrogens with one attached hydrogen (secondary N) is 2. The average Bonchev–Trinajstić information content (AvgIpc) is 3.20. The number of piperidine rings is 1. The molecule has 1 aliphatic heterocycles. The summed E-state index contributed by atoms with van der Waals surface area (Å²) in [7, 11) is 0. The molecule has 1 fully saturated rings. The Hall–Kier alpha value is -3.10. The van der Waals surface area contributed by atoms with Gasteiger partial charge in [-0.3, -0.25) is 0 Å². The molecule has 2 aromatic heterocycles. The molecular formula is C25H25ClF2N6. The Morgan fingerprint density at radius 1 is 1.03 bits per heavy atom. The molecule has 0 spiro atoms. The lowest BCUT2D eigenvalue weighted by atomic mass is 9.95. The number of nitrogens with zero attached hydrogens (tertiary/aromatic N) is 4. The molecule has 0 atom stereocenters. The van der Waals surface area contributed by atoms with E-state index < -0.39 is 11.6 Å². The van der Waals surface area contributed by atoms with E-state index >= 15 is 0 Å². The van der Waals surface area contributed by atoms with Crippen LogP contribution in [0.4, 0.5) is 14.7 Å². The van der Waals surface area contributed by atoms with Crippen molar-refractivity contribution in [2.75, 3.05) is 18.4 Å². The SMILES string of the molecule is Fc1cccc(F)c1-c1nc2cnc(NCc3ccccc3Cl)nc2n1CCC1CCNCC1. The van der Waals surface area contributed by atoms with Crippen molar-refractivity contribution in [3.63, 3.8) is 0 Å². The molecule has 0 amide bonds. The van der Waals surface area contributed by atoms with Crippen molar-refractivity contribution in [3.8, 4) is 11.4 Å². The van der Waals surface area contributed by atoms with Gasteiger partial charge >= 0.3 is 0 Å². The van der Waals surface area contributed by atoms with E-state index in [1.807, 2.05) is 28.8 Å². The molecule has 0 aliphatic carbocycles. The van der Waals surface area contributed by atoms with Gasteiger partial charge in [-0.25, -0.2) is 18.7 Å². The molecular weight excluding hydrogens is 458 g/mol. The van der Waals surface area contributed by atoms with Gasteiger partial charge in [-0.2, -0.15) is 4.98 Å². The van der Waals surface area contributed by atoms with E-state index in [1.54, 1.807) is 6.20 Å². The van der Waals surface area contributed by atoms with Crippen molar-refractivity contribution in [2.45, 2.75) is 32.4 Å². The van der Waals surface area contributed by atoms with Crippen LogP contribution in [0, 0.1) is 17.6 Å². The molecule has 0 saturated carbocycles. The van der Waals surface area contributed by atoms with Crippen LogP contribution in [0.3, 0.4) is 0 Å². The second-order valence-electron chi connectivity index (χ2n) is 8.51. The van der Waals surface area contributed by atoms with Gasteiger partial charge in [0.05, 0.1) is 11.8 Å². The van der Waals surface area contributed by atoms with Crippen LogP contribution in [0.5, 0.6) is 0 Å². The maximum absolute atomic E-state index is 14.7. The van der Waals surface area contributed by atoms with Crippen LogP contribution in [0.15, 0.2) is 48.7 Å². The maximum atomic E-state index is 14.7. The first-order valence-electron chi connectivity index (χ1n) is 11.5. The molecule has 4 aromatic rings. The highest BCUT2D eigenvalue weighted by Gasteiger charge is 2.22. The van der Waals surface area contributed by atoms with E-state index in [4.69, 9.17) is 11.6 Å². The monoisotopic (exact) mass is 482 g/mol. The third kappa shape index (κ3) is 4.74. The second-order valence-corrected chi connectivity index (χ2v) is 8.92. The van der Waals surface area contributed by atoms with Crippen molar-refractivity contribution >= 4 is 28.7 Å². The van der Waals surface area contributed by atoms with Crippen molar-refractivity contribution in [2.24, 2.45) is 5.92 Å². The van der Waals surface area contributed by atoms with Crippen molar-refractivity contribution in [3.05, 3.63) is 70.9 Å². The fourth-order valence-electron chi connectivity index (χ4n) is 4.42. The number of hydrogen-bond donors (Lipinski definition) is 2. The van der Waals surface area contributed by atoms with Gasteiger partial charge in [-0.15, -0.1) is 0 Å². The number of fused-ring (bicyclic) bond motifs is 1. The van der Waals surface area contributed by atoms with Crippen LogP contribution >= 0.6 is 11.6 Å². The summed E-state index contributed by atoms with van der Waals surface area (Å²) in [5.41, 5.74) is 1.81. The fourth-order valence-corrected chi connectivity index (χ4v) is 4.62. The Labute approximate surface area is 201 Å². The molecule has 9 heteroatoms. The molecule has 176 valence electrons. The molecule has 0 radical (unpaired) electrons. The zero-order valence-electron chi connectivity index (χ0n) is 18.6. The third-order valence-corrected chi connectivity index (χ3v) is 6.66. The number of anilines is 1. The highest BCUT2D eigenvalue weighted by molar-refractivity contribution is 6.31. The lowest BCUT2D eigenvalue weighted by Gasteiger charge is -2.23. The Morgan fingerprint density at radius 3 is 2.56 bits per heavy atom. The number of hydrogen-bond acceptors (Lipinski definition) is 5. The number of halogens is 3. The predicted octanol–water partition coefficient (Wildman–Crippen LogP) is 5.43. The molecule has 5 rings (SSSR count). The van der Waals surface area contributed by atoms with Gasteiger partial charge in [0.2, 0.25) is 5.95 Å². The van der Waals surface area contributed by atoms with Crippen LogP contribution in [-0.2, 0) is 13.1 Å². The largest absolute Gasteiger partial charge is 0.350 e. The molecule has 1 aliphatic rings. The Balaban J connectivity index is 1.50. The number of aryl methyl sites for hydroxylation is 1. The van der Waals surface area contributed by atoms with Gasteiger partial charge in [0.1, 0.15) is 23.0 Å². The van der Waals surface area contributed by atoms with E-state index in [0.717, 1.165) is 37.9 Å². The number of imidazole rings is 1.